The Morgan fingerprint density at radius 3 is 2.72 bits per heavy atom. The molecule has 1 unspecified atom stereocenters. The number of hydrogen-bond donors (Lipinski definition) is 5. The van der Waals surface area contributed by atoms with E-state index in [9.17, 15) is 9.59 Å². The van der Waals surface area contributed by atoms with E-state index in [1.54, 1.807) is 6.92 Å². The number of carboxylic acids is 1. The molecule has 0 radical (unpaired) electrons. The molecule has 1 rings (SSSR count). The first-order valence-electron chi connectivity index (χ1n) is 5.30. The highest BCUT2D eigenvalue weighted by Crippen LogP contribution is 2.03. The largest absolute Gasteiger partial charge is 0.480 e. The summed E-state index contributed by atoms with van der Waals surface area (Å²) in [5.74, 6) is -0.745. The lowest BCUT2D eigenvalue weighted by molar-refractivity contribution is -0.139. The van der Waals surface area contributed by atoms with Crippen LogP contribution in [0.4, 0.5) is 4.79 Å². The van der Waals surface area contributed by atoms with Crippen molar-refractivity contribution in [2.75, 3.05) is 6.61 Å². The molecule has 2 atom stereocenters. The summed E-state index contributed by atoms with van der Waals surface area (Å²) >= 11 is 0. The van der Waals surface area contributed by atoms with Crippen molar-refractivity contribution in [2.24, 2.45) is 0 Å². The van der Waals surface area contributed by atoms with Gasteiger partial charge in [-0.15, -0.1) is 0 Å². The molecule has 18 heavy (non-hydrogen) atoms. The Morgan fingerprint density at radius 2 is 2.22 bits per heavy atom. The maximum absolute atomic E-state index is 11.5. The van der Waals surface area contributed by atoms with Crippen LogP contribution in [0.25, 0.3) is 0 Å². The van der Waals surface area contributed by atoms with Gasteiger partial charge in [-0.3, -0.25) is 5.10 Å². The molecule has 0 aliphatic rings. The zero-order valence-electron chi connectivity index (χ0n) is 9.75. The predicted octanol–water partition coefficient (Wildman–Crippen LogP) is -0.999. The maximum Gasteiger partial charge on any atom is 0.326 e. The molecule has 9 heteroatoms. The molecule has 1 aromatic rings. The van der Waals surface area contributed by atoms with Gasteiger partial charge in [-0.1, -0.05) is 0 Å². The van der Waals surface area contributed by atoms with Gasteiger partial charge in [-0.05, 0) is 6.92 Å². The molecule has 0 aliphatic carbocycles. The lowest BCUT2D eigenvalue weighted by atomic mass is 10.2. The van der Waals surface area contributed by atoms with E-state index in [-0.39, 0.29) is 13.0 Å². The van der Waals surface area contributed by atoms with Gasteiger partial charge < -0.3 is 20.8 Å². The van der Waals surface area contributed by atoms with E-state index < -0.39 is 24.1 Å². The molecular weight excluding hydrogens is 242 g/mol. The Balaban J connectivity index is 2.47. The van der Waals surface area contributed by atoms with E-state index in [1.165, 1.54) is 6.33 Å². The van der Waals surface area contributed by atoms with Gasteiger partial charge >= 0.3 is 12.0 Å². The molecule has 1 aromatic heterocycles. The van der Waals surface area contributed by atoms with Crippen molar-refractivity contribution in [1.82, 2.24) is 25.8 Å². The number of carboxylic acid groups (broad SMARTS) is 1. The number of nitrogens with one attached hydrogen (secondary N) is 3. The maximum atomic E-state index is 11.5. The van der Waals surface area contributed by atoms with Crippen molar-refractivity contribution < 1.29 is 19.8 Å². The first kappa shape index (κ1) is 13.9. The van der Waals surface area contributed by atoms with Gasteiger partial charge in [0.25, 0.3) is 0 Å². The minimum atomic E-state index is -1.20. The third-order valence-electron chi connectivity index (χ3n) is 2.21. The number of carbonyl (C=O) groups excluding carboxylic acids is 1. The number of nitrogens with zero attached hydrogens (tertiary/aromatic N) is 2. The van der Waals surface area contributed by atoms with Gasteiger partial charge in [-0.25, -0.2) is 14.6 Å². The van der Waals surface area contributed by atoms with Crippen LogP contribution in [0.5, 0.6) is 0 Å². The fourth-order valence-corrected chi connectivity index (χ4v) is 1.27. The summed E-state index contributed by atoms with van der Waals surface area (Å²) in [6, 6.07) is -2.22. The number of urea groups is 1. The van der Waals surface area contributed by atoms with E-state index in [0.29, 0.717) is 5.82 Å². The van der Waals surface area contributed by atoms with Gasteiger partial charge in [0.05, 0.1) is 6.04 Å². The van der Waals surface area contributed by atoms with Gasteiger partial charge in [0.15, 0.2) is 0 Å². The highest BCUT2D eigenvalue weighted by Gasteiger charge is 2.20. The van der Waals surface area contributed by atoms with Gasteiger partial charge in [-0.2, -0.15) is 5.10 Å². The van der Waals surface area contributed by atoms with Crippen LogP contribution in [-0.4, -0.2) is 50.0 Å². The first-order valence-corrected chi connectivity index (χ1v) is 5.30. The van der Waals surface area contributed by atoms with Crippen molar-refractivity contribution in [2.45, 2.75) is 25.4 Å². The Bertz CT molecular complexity index is 394. The summed E-state index contributed by atoms with van der Waals surface area (Å²) in [6.45, 7) is 1.34. The summed E-state index contributed by atoms with van der Waals surface area (Å²) in [6.07, 6.45) is 1.25. The summed E-state index contributed by atoms with van der Waals surface area (Å²) in [5, 5.41) is 28.4. The van der Waals surface area contributed by atoms with Crippen LogP contribution in [0, 0.1) is 0 Å². The molecule has 9 nitrogen and oxygen atoms in total. The van der Waals surface area contributed by atoms with E-state index in [0.717, 1.165) is 0 Å². The monoisotopic (exact) mass is 257 g/mol. The normalized spacial score (nSPS) is 13.7. The smallest absolute Gasteiger partial charge is 0.326 e. The second-order valence-electron chi connectivity index (χ2n) is 3.61. The predicted molar refractivity (Wildman–Crippen MR) is 59.6 cm³/mol. The SMILES string of the molecule is CC(NC(=O)N[C@@H](CCO)C(=O)O)c1ncn[nH]1. The minimum absolute atomic E-state index is 0.0561. The van der Waals surface area contributed by atoms with Crippen LogP contribution >= 0.6 is 0 Å². The third-order valence-corrected chi connectivity index (χ3v) is 2.21. The first-order chi connectivity index (χ1) is 8.54. The Labute approximate surface area is 103 Å². The van der Waals surface area contributed by atoms with Crippen LogP contribution in [0.1, 0.15) is 25.2 Å². The number of amides is 2. The number of aliphatic carboxylic acids is 1. The molecule has 0 spiro atoms. The van der Waals surface area contributed by atoms with Gasteiger partial charge in [0.1, 0.15) is 18.2 Å². The molecule has 0 saturated heterocycles. The Hall–Kier alpha value is -2.16. The summed E-state index contributed by atoms with van der Waals surface area (Å²) < 4.78 is 0. The Kier molecular flexibility index (Phi) is 5.06. The quantitative estimate of drug-likeness (QED) is 0.442. The average molecular weight is 257 g/mol. The molecule has 0 saturated carbocycles. The van der Waals surface area contributed by atoms with E-state index in [4.69, 9.17) is 10.2 Å². The summed E-state index contributed by atoms with van der Waals surface area (Å²) in [4.78, 5) is 26.1. The number of rotatable bonds is 6. The van der Waals surface area contributed by atoms with E-state index in [1.807, 2.05) is 0 Å². The van der Waals surface area contributed by atoms with Gasteiger partial charge in [0.2, 0.25) is 0 Å². The molecule has 1 heterocycles. The topological polar surface area (TPSA) is 140 Å². The van der Waals surface area contributed by atoms with Crippen molar-refractivity contribution >= 4 is 12.0 Å². The van der Waals surface area contributed by atoms with Crippen molar-refractivity contribution in [1.29, 1.82) is 0 Å². The van der Waals surface area contributed by atoms with Crippen LogP contribution < -0.4 is 10.6 Å². The number of aromatic nitrogens is 3. The Morgan fingerprint density at radius 1 is 1.50 bits per heavy atom. The lowest BCUT2D eigenvalue weighted by Gasteiger charge is -2.16. The third kappa shape index (κ3) is 4.01. The zero-order chi connectivity index (χ0) is 13.5. The highest BCUT2D eigenvalue weighted by atomic mass is 16.4. The summed E-state index contributed by atoms with van der Waals surface area (Å²) in [5.41, 5.74) is 0. The van der Waals surface area contributed by atoms with Crippen LogP contribution in [0.2, 0.25) is 0 Å². The summed E-state index contributed by atoms with van der Waals surface area (Å²) in [7, 11) is 0. The minimum Gasteiger partial charge on any atom is -0.480 e. The van der Waals surface area contributed by atoms with Crippen LogP contribution in [-0.2, 0) is 4.79 Å². The number of aromatic amines is 1. The fraction of sp³-hybridized carbons (Fsp3) is 0.556. The molecule has 5 N–H and O–H groups in total. The molecule has 0 aromatic carbocycles. The molecule has 2 amide bonds. The lowest BCUT2D eigenvalue weighted by Crippen LogP contribution is -2.47. The van der Waals surface area contributed by atoms with Crippen LogP contribution in [0.15, 0.2) is 6.33 Å². The number of aliphatic hydroxyl groups excluding tert-OH is 1. The van der Waals surface area contributed by atoms with Gasteiger partial charge in [0, 0.05) is 13.0 Å². The average Bonchev–Trinajstić information content (AvgIpc) is 2.81. The number of carbonyl (C=O) groups is 2. The van der Waals surface area contributed by atoms with E-state index in [2.05, 4.69) is 25.8 Å². The van der Waals surface area contributed by atoms with Crippen LogP contribution in [0.3, 0.4) is 0 Å². The fourth-order valence-electron chi connectivity index (χ4n) is 1.27. The molecule has 100 valence electrons. The molecule has 0 fully saturated rings. The second kappa shape index (κ2) is 6.55. The van der Waals surface area contributed by atoms with Crippen molar-refractivity contribution in [3.63, 3.8) is 0 Å². The number of H-pyrrole nitrogens is 1. The zero-order valence-corrected chi connectivity index (χ0v) is 9.75. The molecule has 0 aliphatic heterocycles. The molecular formula is C9H15N5O4. The van der Waals surface area contributed by atoms with Crippen molar-refractivity contribution in [3.05, 3.63) is 12.2 Å². The number of hydrogen-bond acceptors (Lipinski definition) is 5. The standard InChI is InChI=1S/C9H15N5O4/c1-5(7-10-4-11-14-7)12-9(18)13-6(2-3-15)8(16)17/h4-6,15H,2-3H2,1H3,(H,16,17)(H,10,11,14)(H2,12,13,18)/t5?,6-/m0/s1. The number of aliphatic hydroxyl groups is 1. The van der Waals surface area contributed by atoms with E-state index >= 15 is 0 Å². The van der Waals surface area contributed by atoms with Crippen molar-refractivity contribution in [3.8, 4) is 0 Å². The highest BCUT2D eigenvalue weighted by molar-refractivity contribution is 5.82. The second-order valence-corrected chi connectivity index (χ2v) is 3.61. The molecule has 0 bridgehead atoms.